The minimum Gasteiger partial charge on any atom is -0.464 e. The van der Waals surface area contributed by atoms with Crippen LogP contribution in [0.25, 0.3) is 17.0 Å². The zero-order valence-electron chi connectivity index (χ0n) is 11.7. The first-order chi connectivity index (χ1) is 10.2. The van der Waals surface area contributed by atoms with Crippen molar-refractivity contribution in [3.8, 4) is 0 Å². The van der Waals surface area contributed by atoms with Crippen molar-refractivity contribution in [3.63, 3.8) is 0 Å². The Morgan fingerprint density at radius 2 is 2.10 bits per heavy atom. The van der Waals surface area contributed by atoms with Gasteiger partial charge in [0.2, 0.25) is 0 Å². The predicted octanol–water partition coefficient (Wildman–Crippen LogP) is 2.51. The molecule has 1 aromatic carbocycles. The Morgan fingerprint density at radius 3 is 2.86 bits per heavy atom. The van der Waals surface area contributed by atoms with Crippen molar-refractivity contribution in [1.29, 1.82) is 0 Å². The van der Waals surface area contributed by atoms with Gasteiger partial charge in [-0.25, -0.2) is 4.79 Å². The van der Waals surface area contributed by atoms with Crippen molar-refractivity contribution >= 4 is 23.1 Å². The summed E-state index contributed by atoms with van der Waals surface area (Å²) in [5, 5.41) is 10.00. The van der Waals surface area contributed by atoms with Crippen molar-refractivity contribution in [1.82, 2.24) is 9.47 Å². The Kier molecular flexibility index (Phi) is 4.03. The van der Waals surface area contributed by atoms with Crippen LogP contribution in [0.15, 0.2) is 36.5 Å². The molecular weight excluding hydrogens is 268 g/mol. The number of rotatable bonds is 3. The van der Waals surface area contributed by atoms with Gasteiger partial charge in [0.05, 0.1) is 18.7 Å². The lowest BCUT2D eigenvalue weighted by atomic mass is 10.1. The molecule has 0 saturated carbocycles. The largest absolute Gasteiger partial charge is 0.464 e. The third-order valence-electron chi connectivity index (χ3n) is 3.70. The molecule has 1 aliphatic heterocycles. The Hall–Kier alpha value is -2.11. The van der Waals surface area contributed by atoms with Gasteiger partial charge in [0, 0.05) is 31.2 Å². The highest BCUT2D eigenvalue weighted by Gasteiger charge is 2.08. The average molecular weight is 286 g/mol. The molecule has 110 valence electrons. The third-order valence-corrected chi connectivity index (χ3v) is 3.70. The summed E-state index contributed by atoms with van der Waals surface area (Å²) in [6.45, 7) is 4.48. The molecule has 1 fully saturated rings. The molecule has 5 heteroatoms. The monoisotopic (exact) mass is 286 g/mol. The molecule has 21 heavy (non-hydrogen) atoms. The summed E-state index contributed by atoms with van der Waals surface area (Å²) in [5.74, 6) is 0. The van der Waals surface area contributed by atoms with Gasteiger partial charge in [0.25, 0.3) is 0 Å². The quantitative estimate of drug-likeness (QED) is 0.942. The van der Waals surface area contributed by atoms with E-state index in [0.29, 0.717) is 5.52 Å². The maximum absolute atomic E-state index is 11.0. The zero-order valence-corrected chi connectivity index (χ0v) is 11.7. The Labute approximate surface area is 123 Å². The van der Waals surface area contributed by atoms with Crippen molar-refractivity contribution in [2.24, 2.45) is 0 Å². The molecule has 0 unspecified atom stereocenters. The van der Waals surface area contributed by atoms with Gasteiger partial charge in [0.15, 0.2) is 0 Å². The van der Waals surface area contributed by atoms with Crippen molar-refractivity contribution < 1.29 is 14.6 Å². The highest BCUT2D eigenvalue weighted by Crippen LogP contribution is 2.18. The molecule has 0 bridgehead atoms. The Bertz CT molecular complexity index is 669. The van der Waals surface area contributed by atoms with Gasteiger partial charge in [-0.3, -0.25) is 9.47 Å². The van der Waals surface area contributed by atoms with Gasteiger partial charge in [-0.2, -0.15) is 0 Å². The number of carboxylic acid groups (broad SMARTS) is 1. The van der Waals surface area contributed by atoms with Gasteiger partial charge < -0.3 is 9.84 Å². The van der Waals surface area contributed by atoms with Gasteiger partial charge in [-0.05, 0) is 23.8 Å². The molecule has 1 aromatic heterocycles. The van der Waals surface area contributed by atoms with E-state index in [-0.39, 0.29) is 0 Å². The fourth-order valence-corrected chi connectivity index (χ4v) is 2.55. The summed E-state index contributed by atoms with van der Waals surface area (Å²) >= 11 is 0. The first-order valence-electron chi connectivity index (χ1n) is 7.05. The molecule has 5 nitrogen and oxygen atoms in total. The van der Waals surface area contributed by atoms with Crippen LogP contribution in [0.1, 0.15) is 5.56 Å². The average Bonchev–Trinajstić information content (AvgIpc) is 2.91. The third kappa shape index (κ3) is 3.15. The molecule has 0 atom stereocenters. The first kappa shape index (κ1) is 13.9. The Balaban J connectivity index is 1.71. The molecule has 2 heterocycles. The predicted molar refractivity (Wildman–Crippen MR) is 81.7 cm³/mol. The van der Waals surface area contributed by atoms with Crippen LogP contribution in [0.2, 0.25) is 0 Å². The van der Waals surface area contributed by atoms with E-state index in [1.807, 2.05) is 24.3 Å². The standard InChI is InChI=1S/C16H18N2O3/c19-16(20)18-7-5-14-12-13(3-4-15(14)18)2-1-6-17-8-10-21-11-9-17/h1-5,7,12H,6,8-11H2,(H,19,20). The lowest BCUT2D eigenvalue weighted by molar-refractivity contribution is 0.0435. The first-order valence-corrected chi connectivity index (χ1v) is 7.05. The van der Waals surface area contributed by atoms with Crippen LogP contribution < -0.4 is 0 Å². The normalized spacial score (nSPS) is 16.8. The number of hydrogen-bond donors (Lipinski definition) is 1. The second-order valence-corrected chi connectivity index (χ2v) is 5.10. The molecule has 0 aliphatic carbocycles. The Morgan fingerprint density at radius 1 is 1.29 bits per heavy atom. The van der Waals surface area contributed by atoms with Crippen LogP contribution in [0, 0.1) is 0 Å². The smallest absolute Gasteiger partial charge is 0.415 e. The fourth-order valence-electron chi connectivity index (χ4n) is 2.55. The number of aromatic nitrogens is 1. The number of fused-ring (bicyclic) bond motifs is 1. The lowest BCUT2D eigenvalue weighted by Gasteiger charge is -2.25. The van der Waals surface area contributed by atoms with Crippen LogP contribution in [-0.2, 0) is 4.74 Å². The number of benzene rings is 1. The summed E-state index contributed by atoms with van der Waals surface area (Å²) in [6, 6.07) is 7.61. The van der Waals surface area contributed by atoms with Crippen LogP contribution in [0.4, 0.5) is 4.79 Å². The maximum Gasteiger partial charge on any atom is 0.415 e. The van der Waals surface area contributed by atoms with Crippen molar-refractivity contribution in [2.45, 2.75) is 0 Å². The molecule has 1 N–H and O–H groups in total. The summed E-state index contributed by atoms with van der Waals surface area (Å²) in [4.78, 5) is 13.4. The zero-order chi connectivity index (χ0) is 14.7. The molecular formula is C16H18N2O3. The van der Waals surface area contributed by atoms with E-state index in [9.17, 15) is 4.79 Å². The van der Waals surface area contributed by atoms with E-state index in [0.717, 1.165) is 43.8 Å². The van der Waals surface area contributed by atoms with Gasteiger partial charge in [-0.1, -0.05) is 18.2 Å². The van der Waals surface area contributed by atoms with Crippen molar-refractivity contribution in [3.05, 3.63) is 42.1 Å². The van der Waals surface area contributed by atoms with Crippen LogP contribution in [0.3, 0.4) is 0 Å². The van der Waals surface area contributed by atoms with Crippen LogP contribution in [0.5, 0.6) is 0 Å². The highest BCUT2D eigenvalue weighted by atomic mass is 16.5. The van der Waals surface area contributed by atoms with E-state index in [2.05, 4.69) is 17.1 Å². The number of ether oxygens (including phenoxy) is 1. The number of morpholine rings is 1. The molecule has 0 amide bonds. The molecule has 3 rings (SSSR count). The van der Waals surface area contributed by atoms with Gasteiger partial charge in [-0.15, -0.1) is 0 Å². The SMILES string of the molecule is O=C(O)n1ccc2cc(C=CCN3CCOCC3)ccc21. The molecule has 1 aliphatic rings. The lowest BCUT2D eigenvalue weighted by Crippen LogP contribution is -2.36. The summed E-state index contributed by atoms with van der Waals surface area (Å²) in [7, 11) is 0. The molecule has 0 spiro atoms. The van der Waals surface area contributed by atoms with E-state index in [1.165, 1.54) is 4.57 Å². The second kappa shape index (κ2) is 6.11. The van der Waals surface area contributed by atoms with Crippen LogP contribution >= 0.6 is 0 Å². The molecule has 0 radical (unpaired) electrons. The number of nitrogens with zero attached hydrogens (tertiary/aromatic N) is 2. The topological polar surface area (TPSA) is 54.7 Å². The highest BCUT2D eigenvalue weighted by molar-refractivity contribution is 5.90. The number of carbonyl (C=O) groups is 1. The minimum atomic E-state index is -0.958. The van der Waals surface area contributed by atoms with E-state index >= 15 is 0 Å². The number of hydrogen-bond acceptors (Lipinski definition) is 3. The fraction of sp³-hybridized carbons (Fsp3) is 0.312. The molecule has 2 aromatic rings. The van der Waals surface area contributed by atoms with E-state index in [1.54, 1.807) is 6.20 Å². The minimum absolute atomic E-state index is 0.716. The van der Waals surface area contributed by atoms with Crippen LogP contribution in [-0.4, -0.2) is 53.5 Å². The van der Waals surface area contributed by atoms with E-state index < -0.39 is 6.09 Å². The van der Waals surface area contributed by atoms with E-state index in [4.69, 9.17) is 9.84 Å². The second-order valence-electron chi connectivity index (χ2n) is 5.10. The van der Waals surface area contributed by atoms with Crippen molar-refractivity contribution in [2.75, 3.05) is 32.8 Å². The maximum atomic E-state index is 11.0. The van der Waals surface area contributed by atoms with Gasteiger partial charge >= 0.3 is 6.09 Å². The molecule has 1 saturated heterocycles. The summed E-state index contributed by atoms with van der Waals surface area (Å²) in [5.41, 5.74) is 1.80. The summed E-state index contributed by atoms with van der Waals surface area (Å²) in [6.07, 6.45) is 4.84. The summed E-state index contributed by atoms with van der Waals surface area (Å²) < 4.78 is 6.55. The van der Waals surface area contributed by atoms with Gasteiger partial charge in [0.1, 0.15) is 0 Å².